The monoisotopic (exact) mass is 338 g/mol. The standard InChI is InChI=1S/C17H20ClFN2O2/c1-11(21-15(22)16(2)9-17(3,18)10-16)8-23-14-6-13(19)5-4-12(14)7-20/h4-6,11H,8-10H2,1-3H3,(H,21,22). The van der Waals surface area contributed by atoms with E-state index in [1.165, 1.54) is 18.2 Å². The molecule has 6 heteroatoms. The van der Waals surface area contributed by atoms with Crippen LogP contribution in [0.5, 0.6) is 5.75 Å². The van der Waals surface area contributed by atoms with Gasteiger partial charge in [-0.2, -0.15) is 5.26 Å². The normalized spacial score (nSPS) is 27.5. The van der Waals surface area contributed by atoms with Crippen LogP contribution in [0.15, 0.2) is 18.2 Å². The fourth-order valence-corrected chi connectivity index (χ4v) is 3.69. The Morgan fingerprint density at radius 3 is 2.74 bits per heavy atom. The van der Waals surface area contributed by atoms with Gasteiger partial charge in [0.1, 0.15) is 24.2 Å². The van der Waals surface area contributed by atoms with Crippen LogP contribution in [-0.2, 0) is 4.79 Å². The molecule has 23 heavy (non-hydrogen) atoms. The molecule has 1 fully saturated rings. The zero-order valence-electron chi connectivity index (χ0n) is 13.5. The Hall–Kier alpha value is -1.80. The van der Waals surface area contributed by atoms with E-state index in [2.05, 4.69) is 5.32 Å². The van der Waals surface area contributed by atoms with Crippen LogP contribution in [0.25, 0.3) is 0 Å². The molecule has 1 N–H and O–H groups in total. The van der Waals surface area contributed by atoms with E-state index in [0.29, 0.717) is 12.8 Å². The number of carbonyl (C=O) groups is 1. The highest BCUT2D eigenvalue weighted by Gasteiger charge is 2.52. The molecule has 1 aliphatic rings. The summed E-state index contributed by atoms with van der Waals surface area (Å²) in [7, 11) is 0. The first-order valence-electron chi connectivity index (χ1n) is 7.48. The van der Waals surface area contributed by atoms with Gasteiger partial charge >= 0.3 is 0 Å². The van der Waals surface area contributed by atoms with Crippen LogP contribution in [0.4, 0.5) is 4.39 Å². The highest BCUT2D eigenvalue weighted by atomic mass is 35.5. The second kappa shape index (κ2) is 6.37. The molecule has 1 aromatic carbocycles. The lowest BCUT2D eigenvalue weighted by atomic mass is 9.62. The second-order valence-electron chi connectivity index (χ2n) is 6.77. The summed E-state index contributed by atoms with van der Waals surface area (Å²) in [5.74, 6) is -0.359. The van der Waals surface area contributed by atoms with Crippen LogP contribution in [0.3, 0.4) is 0 Å². The first kappa shape index (κ1) is 17.6. The number of amides is 1. The highest BCUT2D eigenvalue weighted by Crippen LogP contribution is 2.52. The summed E-state index contributed by atoms with van der Waals surface area (Å²) >= 11 is 6.19. The predicted molar refractivity (Wildman–Crippen MR) is 85.8 cm³/mol. The average molecular weight is 339 g/mol. The van der Waals surface area contributed by atoms with Crippen LogP contribution in [0.2, 0.25) is 0 Å². The molecule has 0 saturated heterocycles. The summed E-state index contributed by atoms with van der Waals surface area (Å²) in [5.41, 5.74) is -0.199. The molecule has 0 radical (unpaired) electrons. The molecule has 0 bridgehead atoms. The van der Waals surface area contributed by atoms with E-state index in [1.807, 2.05) is 19.9 Å². The number of benzene rings is 1. The number of hydrogen-bond acceptors (Lipinski definition) is 3. The van der Waals surface area contributed by atoms with E-state index < -0.39 is 11.2 Å². The van der Waals surface area contributed by atoms with Crippen molar-refractivity contribution < 1.29 is 13.9 Å². The second-order valence-corrected chi connectivity index (χ2v) is 7.68. The lowest BCUT2D eigenvalue weighted by molar-refractivity contribution is -0.137. The topological polar surface area (TPSA) is 62.1 Å². The lowest BCUT2D eigenvalue weighted by Crippen LogP contribution is -2.55. The predicted octanol–water partition coefficient (Wildman–Crippen LogP) is 3.38. The van der Waals surface area contributed by atoms with Gasteiger partial charge in [0.25, 0.3) is 0 Å². The van der Waals surface area contributed by atoms with Gasteiger partial charge < -0.3 is 10.1 Å². The lowest BCUT2D eigenvalue weighted by Gasteiger charge is -2.48. The first-order valence-corrected chi connectivity index (χ1v) is 7.85. The summed E-state index contributed by atoms with van der Waals surface area (Å²) in [6.45, 7) is 5.76. The van der Waals surface area contributed by atoms with Gasteiger partial charge in [-0.1, -0.05) is 6.92 Å². The number of nitriles is 1. The van der Waals surface area contributed by atoms with Gasteiger partial charge in [0, 0.05) is 16.4 Å². The molecule has 1 saturated carbocycles. The largest absolute Gasteiger partial charge is 0.490 e. The Bertz CT molecular complexity index is 646. The Balaban J connectivity index is 1.89. The van der Waals surface area contributed by atoms with Crippen molar-refractivity contribution in [2.24, 2.45) is 5.41 Å². The molecule has 1 amide bonds. The van der Waals surface area contributed by atoms with Gasteiger partial charge in [0.15, 0.2) is 0 Å². The number of nitrogens with one attached hydrogen (secondary N) is 1. The van der Waals surface area contributed by atoms with Gasteiger partial charge in [-0.3, -0.25) is 4.79 Å². The van der Waals surface area contributed by atoms with Crippen LogP contribution < -0.4 is 10.1 Å². The van der Waals surface area contributed by atoms with Crippen LogP contribution in [0.1, 0.15) is 39.2 Å². The van der Waals surface area contributed by atoms with E-state index in [1.54, 1.807) is 6.92 Å². The Morgan fingerprint density at radius 2 is 2.17 bits per heavy atom. The fourth-order valence-electron chi connectivity index (χ4n) is 3.10. The Morgan fingerprint density at radius 1 is 1.52 bits per heavy atom. The third kappa shape index (κ3) is 4.14. The molecular weight excluding hydrogens is 319 g/mol. The minimum absolute atomic E-state index is 0.0635. The molecule has 4 nitrogen and oxygen atoms in total. The molecule has 0 spiro atoms. The fraction of sp³-hybridized carbons (Fsp3) is 0.529. The van der Waals surface area contributed by atoms with Crippen LogP contribution in [0, 0.1) is 22.6 Å². The van der Waals surface area contributed by atoms with E-state index >= 15 is 0 Å². The third-order valence-electron chi connectivity index (χ3n) is 4.00. The van der Waals surface area contributed by atoms with Crippen molar-refractivity contribution in [3.05, 3.63) is 29.6 Å². The molecule has 0 heterocycles. The van der Waals surface area contributed by atoms with Crippen molar-refractivity contribution in [2.75, 3.05) is 6.61 Å². The van der Waals surface area contributed by atoms with Gasteiger partial charge in [0.05, 0.1) is 11.6 Å². The summed E-state index contributed by atoms with van der Waals surface area (Å²) in [5, 5.41) is 11.9. The number of nitrogens with zero attached hydrogens (tertiary/aromatic N) is 1. The maximum Gasteiger partial charge on any atom is 0.226 e. The number of carbonyl (C=O) groups excluding carboxylic acids is 1. The van der Waals surface area contributed by atoms with Crippen molar-refractivity contribution in [3.63, 3.8) is 0 Å². The average Bonchev–Trinajstić information content (AvgIpc) is 2.43. The summed E-state index contributed by atoms with van der Waals surface area (Å²) < 4.78 is 18.7. The number of halogens is 2. The molecule has 124 valence electrons. The maximum atomic E-state index is 13.2. The van der Waals surface area contributed by atoms with E-state index in [-0.39, 0.29) is 34.7 Å². The third-order valence-corrected chi connectivity index (χ3v) is 4.26. The van der Waals surface area contributed by atoms with Gasteiger partial charge in [0.2, 0.25) is 5.91 Å². The Labute approximate surface area is 140 Å². The van der Waals surface area contributed by atoms with Gasteiger partial charge in [-0.05, 0) is 38.8 Å². The molecule has 1 aliphatic carbocycles. The summed E-state index contributed by atoms with van der Waals surface area (Å²) in [6.07, 6.45) is 1.26. The number of ether oxygens (including phenoxy) is 1. The summed E-state index contributed by atoms with van der Waals surface area (Å²) in [4.78, 5) is 12.0. The summed E-state index contributed by atoms with van der Waals surface area (Å²) in [6, 6.07) is 5.42. The molecule has 0 aliphatic heterocycles. The quantitative estimate of drug-likeness (QED) is 0.837. The molecule has 2 rings (SSSR count). The molecule has 1 atom stereocenters. The van der Waals surface area contributed by atoms with Crippen molar-refractivity contribution in [1.29, 1.82) is 5.26 Å². The first-order chi connectivity index (χ1) is 10.6. The van der Waals surface area contributed by atoms with Gasteiger partial charge in [-0.15, -0.1) is 11.6 Å². The van der Waals surface area contributed by atoms with Crippen molar-refractivity contribution in [1.82, 2.24) is 5.32 Å². The maximum absolute atomic E-state index is 13.2. The molecule has 1 aromatic rings. The minimum atomic E-state index is -0.473. The molecular formula is C17H20ClFN2O2. The van der Waals surface area contributed by atoms with Crippen LogP contribution >= 0.6 is 11.6 Å². The number of rotatable bonds is 5. The molecule has 1 unspecified atom stereocenters. The zero-order valence-corrected chi connectivity index (χ0v) is 14.2. The van der Waals surface area contributed by atoms with Crippen molar-refractivity contribution >= 4 is 17.5 Å². The molecule has 0 aromatic heterocycles. The van der Waals surface area contributed by atoms with Crippen LogP contribution in [-0.4, -0.2) is 23.4 Å². The number of hydrogen-bond donors (Lipinski definition) is 1. The zero-order chi connectivity index (χ0) is 17.3. The SMILES string of the molecule is CC(COc1cc(F)ccc1C#N)NC(=O)C1(C)CC(C)(Cl)C1. The van der Waals surface area contributed by atoms with E-state index in [0.717, 1.165) is 0 Å². The van der Waals surface area contributed by atoms with E-state index in [4.69, 9.17) is 21.6 Å². The van der Waals surface area contributed by atoms with Gasteiger partial charge in [-0.25, -0.2) is 4.39 Å². The minimum Gasteiger partial charge on any atom is -0.490 e. The Kier molecular flexibility index (Phi) is 4.86. The van der Waals surface area contributed by atoms with Crippen molar-refractivity contribution in [3.8, 4) is 11.8 Å². The number of alkyl halides is 1. The smallest absolute Gasteiger partial charge is 0.226 e. The highest BCUT2D eigenvalue weighted by molar-refractivity contribution is 6.25. The van der Waals surface area contributed by atoms with E-state index in [9.17, 15) is 9.18 Å². The van der Waals surface area contributed by atoms with Crippen molar-refractivity contribution in [2.45, 2.75) is 44.5 Å².